The van der Waals surface area contributed by atoms with Gasteiger partial charge >= 0.3 is 0 Å². The first-order chi connectivity index (χ1) is 16.2. The maximum atomic E-state index is 12.8. The first-order valence-corrected chi connectivity index (χ1v) is 11.2. The maximum absolute atomic E-state index is 12.8. The molecule has 0 unspecified atom stereocenters. The second kappa shape index (κ2) is 11.2. The Morgan fingerprint density at radius 3 is 2.12 bits per heavy atom. The van der Waals surface area contributed by atoms with E-state index >= 15 is 0 Å². The molecule has 0 saturated carbocycles. The van der Waals surface area contributed by atoms with Crippen LogP contribution in [0.3, 0.4) is 0 Å². The molecule has 0 atom stereocenters. The molecule has 0 aliphatic carbocycles. The highest BCUT2D eigenvalue weighted by Crippen LogP contribution is 2.25. The first kappa shape index (κ1) is 22.4. The fraction of sp³-hybridized carbons (Fsp3) is 0.259. The lowest BCUT2D eigenvalue weighted by molar-refractivity contribution is -0.134. The number of benzene rings is 3. The SMILES string of the molecule is O=C(NCC1CCN(C(=O)COc2ccccc2)CC1)c1ccccc1Oc1ccccc1. The number of ether oxygens (including phenoxy) is 2. The molecule has 1 aliphatic rings. The molecule has 2 amide bonds. The highest BCUT2D eigenvalue weighted by Gasteiger charge is 2.24. The fourth-order valence-corrected chi connectivity index (χ4v) is 3.83. The molecule has 1 fully saturated rings. The Morgan fingerprint density at radius 1 is 0.818 bits per heavy atom. The molecule has 0 aromatic heterocycles. The van der Waals surface area contributed by atoms with E-state index in [9.17, 15) is 9.59 Å². The van der Waals surface area contributed by atoms with Crippen LogP contribution in [0.5, 0.6) is 17.2 Å². The Balaban J connectivity index is 1.23. The summed E-state index contributed by atoms with van der Waals surface area (Å²) in [5, 5.41) is 3.04. The topological polar surface area (TPSA) is 67.9 Å². The lowest BCUT2D eigenvalue weighted by Crippen LogP contribution is -2.43. The number of hydrogen-bond acceptors (Lipinski definition) is 4. The monoisotopic (exact) mass is 444 g/mol. The molecule has 0 radical (unpaired) electrons. The summed E-state index contributed by atoms with van der Waals surface area (Å²) in [6, 6.07) is 26.0. The van der Waals surface area contributed by atoms with Gasteiger partial charge in [0, 0.05) is 19.6 Å². The van der Waals surface area contributed by atoms with Gasteiger partial charge in [-0.2, -0.15) is 0 Å². The predicted octanol–water partition coefficient (Wildman–Crippen LogP) is 4.53. The summed E-state index contributed by atoms with van der Waals surface area (Å²) >= 11 is 0. The van der Waals surface area contributed by atoms with Crippen LogP contribution in [0.4, 0.5) is 0 Å². The molecule has 1 saturated heterocycles. The zero-order valence-corrected chi connectivity index (χ0v) is 18.5. The van der Waals surface area contributed by atoms with Gasteiger partial charge in [0.2, 0.25) is 0 Å². The van der Waals surface area contributed by atoms with E-state index in [1.807, 2.05) is 77.7 Å². The summed E-state index contributed by atoms with van der Waals surface area (Å²) in [5.41, 5.74) is 0.507. The van der Waals surface area contributed by atoms with Crippen molar-refractivity contribution < 1.29 is 19.1 Å². The van der Waals surface area contributed by atoms with Crippen LogP contribution in [-0.4, -0.2) is 43.0 Å². The van der Waals surface area contributed by atoms with Crippen LogP contribution in [-0.2, 0) is 4.79 Å². The highest BCUT2D eigenvalue weighted by molar-refractivity contribution is 5.97. The van der Waals surface area contributed by atoms with E-state index in [4.69, 9.17) is 9.47 Å². The van der Waals surface area contributed by atoms with Crippen LogP contribution in [0.2, 0.25) is 0 Å². The Morgan fingerprint density at radius 2 is 1.42 bits per heavy atom. The van der Waals surface area contributed by atoms with E-state index < -0.39 is 0 Å². The zero-order chi connectivity index (χ0) is 22.9. The van der Waals surface area contributed by atoms with Crippen LogP contribution in [0.1, 0.15) is 23.2 Å². The second-order valence-electron chi connectivity index (χ2n) is 8.05. The van der Waals surface area contributed by atoms with E-state index in [1.54, 1.807) is 12.1 Å². The number of piperidine rings is 1. The number of hydrogen-bond donors (Lipinski definition) is 1. The zero-order valence-electron chi connectivity index (χ0n) is 18.5. The van der Waals surface area contributed by atoms with E-state index in [1.165, 1.54) is 0 Å². The molecule has 1 N–H and O–H groups in total. The summed E-state index contributed by atoms with van der Waals surface area (Å²) < 4.78 is 11.5. The van der Waals surface area contributed by atoms with E-state index in [0.29, 0.717) is 48.4 Å². The minimum absolute atomic E-state index is 0.00618. The molecule has 6 heteroatoms. The van der Waals surface area contributed by atoms with Crippen molar-refractivity contribution in [2.75, 3.05) is 26.2 Å². The summed E-state index contributed by atoms with van der Waals surface area (Å²) in [7, 11) is 0. The van der Waals surface area contributed by atoms with Gasteiger partial charge in [0.1, 0.15) is 17.2 Å². The molecule has 3 aromatic carbocycles. The summed E-state index contributed by atoms with van der Waals surface area (Å²) in [4.78, 5) is 27.1. The molecule has 33 heavy (non-hydrogen) atoms. The number of nitrogens with zero attached hydrogens (tertiary/aromatic N) is 1. The van der Waals surface area contributed by atoms with Gasteiger partial charge in [-0.3, -0.25) is 9.59 Å². The molecule has 6 nitrogen and oxygen atoms in total. The summed E-state index contributed by atoms with van der Waals surface area (Å²) in [6.45, 7) is 1.96. The normalized spacial score (nSPS) is 13.9. The average molecular weight is 445 g/mol. The lowest BCUT2D eigenvalue weighted by Gasteiger charge is -2.32. The molecule has 0 bridgehead atoms. The minimum Gasteiger partial charge on any atom is -0.484 e. The minimum atomic E-state index is -0.156. The Hall–Kier alpha value is -3.80. The average Bonchev–Trinajstić information content (AvgIpc) is 2.88. The van der Waals surface area contributed by atoms with Gasteiger partial charge < -0.3 is 19.7 Å². The van der Waals surface area contributed by atoms with Crippen molar-refractivity contribution in [1.29, 1.82) is 0 Å². The number of rotatable bonds is 8. The molecule has 3 aromatic rings. The molecule has 1 heterocycles. The number of para-hydroxylation sites is 3. The second-order valence-corrected chi connectivity index (χ2v) is 8.05. The highest BCUT2D eigenvalue weighted by atomic mass is 16.5. The van der Waals surface area contributed by atoms with Crippen molar-refractivity contribution in [2.45, 2.75) is 12.8 Å². The quantitative estimate of drug-likeness (QED) is 0.555. The van der Waals surface area contributed by atoms with E-state index in [0.717, 1.165) is 12.8 Å². The lowest BCUT2D eigenvalue weighted by atomic mass is 9.96. The maximum Gasteiger partial charge on any atom is 0.260 e. The third-order valence-electron chi connectivity index (χ3n) is 5.73. The van der Waals surface area contributed by atoms with Gasteiger partial charge in [0.25, 0.3) is 11.8 Å². The third-order valence-corrected chi connectivity index (χ3v) is 5.73. The fourth-order valence-electron chi connectivity index (χ4n) is 3.83. The number of amides is 2. The van der Waals surface area contributed by atoms with Crippen LogP contribution in [0.25, 0.3) is 0 Å². The van der Waals surface area contributed by atoms with Gasteiger partial charge in [-0.25, -0.2) is 0 Å². The molecule has 170 valence electrons. The van der Waals surface area contributed by atoms with Crippen LogP contribution < -0.4 is 14.8 Å². The molecular weight excluding hydrogens is 416 g/mol. The van der Waals surface area contributed by atoms with Gasteiger partial charge in [-0.1, -0.05) is 48.5 Å². The van der Waals surface area contributed by atoms with Gasteiger partial charge in [-0.05, 0) is 55.2 Å². The van der Waals surface area contributed by atoms with Crippen LogP contribution >= 0.6 is 0 Å². The van der Waals surface area contributed by atoms with Gasteiger partial charge in [0.15, 0.2) is 6.61 Å². The number of carbonyl (C=O) groups excluding carboxylic acids is 2. The summed E-state index contributed by atoms with van der Waals surface area (Å²) in [6.07, 6.45) is 1.69. The van der Waals surface area contributed by atoms with Crippen molar-refractivity contribution in [3.63, 3.8) is 0 Å². The molecule has 1 aliphatic heterocycles. The molecular formula is C27H28N2O4. The Labute approximate surface area is 194 Å². The first-order valence-electron chi connectivity index (χ1n) is 11.2. The van der Waals surface area contributed by atoms with Crippen molar-refractivity contribution in [3.05, 3.63) is 90.5 Å². The van der Waals surface area contributed by atoms with Crippen LogP contribution in [0, 0.1) is 5.92 Å². The number of nitrogens with one attached hydrogen (secondary N) is 1. The van der Waals surface area contributed by atoms with Gasteiger partial charge in [0.05, 0.1) is 5.56 Å². The van der Waals surface area contributed by atoms with E-state index in [-0.39, 0.29) is 18.4 Å². The van der Waals surface area contributed by atoms with Crippen molar-refractivity contribution in [1.82, 2.24) is 10.2 Å². The standard InChI is InChI=1S/C27H28N2O4/c30-26(20-32-22-9-3-1-4-10-22)29-17-15-21(16-18-29)19-28-27(31)24-13-7-8-14-25(24)33-23-11-5-2-6-12-23/h1-14,21H,15-20H2,(H,28,31). The largest absolute Gasteiger partial charge is 0.484 e. The number of carbonyl (C=O) groups is 2. The Bertz CT molecular complexity index is 1050. The molecule has 0 spiro atoms. The Kier molecular flexibility index (Phi) is 7.59. The van der Waals surface area contributed by atoms with Gasteiger partial charge in [-0.15, -0.1) is 0 Å². The summed E-state index contributed by atoms with van der Waals surface area (Å²) in [5.74, 6) is 2.07. The smallest absolute Gasteiger partial charge is 0.260 e. The van der Waals surface area contributed by atoms with E-state index in [2.05, 4.69) is 5.32 Å². The predicted molar refractivity (Wildman–Crippen MR) is 127 cm³/mol. The van der Waals surface area contributed by atoms with Crippen molar-refractivity contribution >= 4 is 11.8 Å². The van der Waals surface area contributed by atoms with Crippen molar-refractivity contribution in [3.8, 4) is 17.2 Å². The number of likely N-dealkylation sites (tertiary alicyclic amines) is 1. The third kappa shape index (κ3) is 6.35. The molecule has 4 rings (SSSR count). The van der Waals surface area contributed by atoms with Crippen LogP contribution in [0.15, 0.2) is 84.9 Å². The van der Waals surface area contributed by atoms with Crippen molar-refractivity contribution in [2.24, 2.45) is 5.92 Å².